The summed E-state index contributed by atoms with van der Waals surface area (Å²) in [6, 6.07) is 3.78. The fourth-order valence-electron chi connectivity index (χ4n) is 1.61. The van der Waals surface area contributed by atoms with Gasteiger partial charge in [-0.3, -0.25) is 0 Å². The predicted molar refractivity (Wildman–Crippen MR) is 77.8 cm³/mol. The van der Waals surface area contributed by atoms with Crippen LogP contribution in [-0.4, -0.2) is 20.8 Å². The highest BCUT2D eigenvalue weighted by Crippen LogP contribution is 2.30. The number of sulfonamides is 1. The van der Waals surface area contributed by atoms with Gasteiger partial charge in [0.2, 0.25) is 10.0 Å². The highest BCUT2D eigenvalue weighted by atomic mass is 35.5. The number of nitrogens with two attached hydrogens (primary N) is 1. The Bertz CT molecular complexity index is 569. The molecule has 0 radical (unpaired) electrons. The van der Waals surface area contributed by atoms with Gasteiger partial charge in [0.05, 0.1) is 17.4 Å². The van der Waals surface area contributed by atoms with Crippen molar-refractivity contribution < 1.29 is 17.5 Å². The summed E-state index contributed by atoms with van der Waals surface area (Å²) in [5.41, 5.74) is -0.307. The first kappa shape index (κ1) is 17.2. The van der Waals surface area contributed by atoms with Crippen LogP contribution in [0, 0.1) is 17.2 Å². The summed E-state index contributed by atoms with van der Waals surface area (Å²) in [4.78, 5) is 0. The minimum Gasteiger partial charge on any atom is -0.492 e. The van der Waals surface area contributed by atoms with Gasteiger partial charge in [-0.25, -0.2) is 17.9 Å². The average molecular weight is 324 g/mol. The molecule has 0 aromatic heterocycles. The Hall–Kier alpha value is -0.850. The van der Waals surface area contributed by atoms with Crippen LogP contribution in [0.25, 0.3) is 0 Å². The molecule has 0 saturated heterocycles. The monoisotopic (exact) mass is 323 g/mol. The maximum absolute atomic E-state index is 12.9. The van der Waals surface area contributed by atoms with E-state index in [4.69, 9.17) is 21.5 Å². The molecule has 0 aliphatic carbocycles. The van der Waals surface area contributed by atoms with E-state index in [2.05, 4.69) is 0 Å². The van der Waals surface area contributed by atoms with Crippen molar-refractivity contribution in [2.24, 2.45) is 16.5 Å². The van der Waals surface area contributed by atoms with E-state index in [0.717, 1.165) is 6.07 Å². The molecule has 0 aliphatic rings. The topological polar surface area (TPSA) is 69.4 Å². The second-order valence-electron chi connectivity index (χ2n) is 5.78. The largest absolute Gasteiger partial charge is 0.492 e. The Kier molecular flexibility index (Phi) is 5.40. The molecule has 1 unspecified atom stereocenters. The van der Waals surface area contributed by atoms with Gasteiger partial charge in [-0.1, -0.05) is 32.4 Å². The lowest BCUT2D eigenvalue weighted by molar-refractivity contribution is 0.163. The summed E-state index contributed by atoms with van der Waals surface area (Å²) in [7, 11) is -3.60. The fraction of sp³-hybridized carbons (Fsp3) is 0.538. The summed E-state index contributed by atoms with van der Waals surface area (Å²) in [5.74, 6) is -0.635. The van der Waals surface area contributed by atoms with Crippen LogP contribution in [0.4, 0.5) is 4.39 Å². The molecule has 20 heavy (non-hydrogen) atoms. The van der Waals surface area contributed by atoms with Gasteiger partial charge >= 0.3 is 0 Å². The zero-order chi connectivity index (χ0) is 15.6. The van der Waals surface area contributed by atoms with Crippen molar-refractivity contribution in [1.82, 2.24) is 0 Å². The van der Waals surface area contributed by atoms with Crippen molar-refractivity contribution in [3.8, 4) is 5.75 Å². The van der Waals surface area contributed by atoms with Crippen LogP contribution in [0.15, 0.2) is 18.2 Å². The number of rotatable bonds is 5. The van der Waals surface area contributed by atoms with Gasteiger partial charge in [0, 0.05) is 5.92 Å². The van der Waals surface area contributed by atoms with Gasteiger partial charge in [0.25, 0.3) is 0 Å². The van der Waals surface area contributed by atoms with E-state index in [1.165, 1.54) is 12.1 Å². The zero-order valence-electron chi connectivity index (χ0n) is 11.7. The predicted octanol–water partition coefficient (Wildman–Crippen LogP) is 2.81. The van der Waals surface area contributed by atoms with Gasteiger partial charge in [-0.05, 0) is 23.6 Å². The van der Waals surface area contributed by atoms with Crippen molar-refractivity contribution in [1.29, 1.82) is 0 Å². The van der Waals surface area contributed by atoms with Crippen LogP contribution in [0.2, 0.25) is 5.02 Å². The highest BCUT2D eigenvalue weighted by molar-refractivity contribution is 7.89. The molecule has 1 atom stereocenters. The molecule has 1 aromatic rings. The van der Waals surface area contributed by atoms with E-state index in [9.17, 15) is 12.8 Å². The van der Waals surface area contributed by atoms with Gasteiger partial charge < -0.3 is 4.74 Å². The molecule has 0 fully saturated rings. The van der Waals surface area contributed by atoms with Crippen LogP contribution in [0.1, 0.15) is 20.8 Å². The SMILES string of the molecule is CC(C)(C)C(COc1ccc(F)cc1Cl)CS(N)(=O)=O. The third kappa shape index (κ3) is 5.64. The normalized spacial score (nSPS) is 14.1. The Morgan fingerprint density at radius 2 is 2.00 bits per heavy atom. The smallest absolute Gasteiger partial charge is 0.209 e. The minimum absolute atomic E-state index is 0.130. The summed E-state index contributed by atoms with van der Waals surface area (Å²) in [6.45, 7) is 5.83. The van der Waals surface area contributed by atoms with Crippen LogP contribution >= 0.6 is 11.6 Å². The molecular formula is C13H19ClFNO3S. The first-order valence-electron chi connectivity index (χ1n) is 6.07. The maximum atomic E-state index is 12.9. The quantitative estimate of drug-likeness (QED) is 0.905. The van der Waals surface area contributed by atoms with Crippen molar-refractivity contribution in [2.45, 2.75) is 20.8 Å². The van der Waals surface area contributed by atoms with E-state index >= 15 is 0 Å². The van der Waals surface area contributed by atoms with Crippen molar-refractivity contribution in [2.75, 3.05) is 12.4 Å². The Balaban J connectivity index is 2.81. The fourth-order valence-corrected chi connectivity index (χ4v) is 2.99. The van der Waals surface area contributed by atoms with E-state index in [1.807, 2.05) is 20.8 Å². The van der Waals surface area contributed by atoms with Crippen LogP contribution in [0.5, 0.6) is 5.75 Å². The first-order valence-corrected chi connectivity index (χ1v) is 8.17. The molecular weight excluding hydrogens is 305 g/mol. The third-order valence-electron chi connectivity index (χ3n) is 2.99. The lowest BCUT2D eigenvalue weighted by Gasteiger charge is -2.29. The zero-order valence-corrected chi connectivity index (χ0v) is 13.3. The summed E-state index contributed by atoms with van der Waals surface area (Å²) in [5, 5.41) is 5.24. The van der Waals surface area contributed by atoms with Gasteiger partial charge in [0.1, 0.15) is 11.6 Å². The number of ether oxygens (including phenoxy) is 1. The third-order valence-corrected chi connectivity index (χ3v) is 4.15. The molecule has 1 rings (SSSR count). The second kappa shape index (κ2) is 6.28. The Morgan fingerprint density at radius 3 is 2.45 bits per heavy atom. The number of hydrogen-bond acceptors (Lipinski definition) is 3. The molecule has 0 aliphatic heterocycles. The molecule has 0 spiro atoms. The number of primary sulfonamides is 1. The molecule has 114 valence electrons. The summed E-state index contributed by atoms with van der Waals surface area (Å²) >= 11 is 5.85. The van der Waals surface area contributed by atoms with E-state index in [1.54, 1.807) is 0 Å². The molecule has 2 N–H and O–H groups in total. The van der Waals surface area contributed by atoms with Crippen LogP contribution < -0.4 is 9.88 Å². The number of benzene rings is 1. The minimum atomic E-state index is -3.60. The maximum Gasteiger partial charge on any atom is 0.209 e. The van der Waals surface area contributed by atoms with E-state index in [-0.39, 0.29) is 28.7 Å². The first-order chi connectivity index (χ1) is 8.99. The molecule has 0 amide bonds. The highest BCUT2D eigenvalue weighted by Gasteiger charge is 2.29. The van der Waals surface area contributed by atoms with Crippen molar-refractivity contribution >= 4 is 21.6 Å². The van der Waals surface area contributed by atoms with Gasteiger partial charge in [-0.15, -0.1) is 0 Å². The lowest BCUT2D eigenvalue weighted by Crippen LogP contribution is -2.35. The van der Waals surface area contributed by atoms with Crippen LogP contribution in [0.3, 0.4) is 0 Å². The Labute approximate surface area is 124 Å². The number of halogens is 2. The molecule has 0 bridgehead atoms. The summed E-state index contributed by atoms with van der Waals surface area (Å²) < 4.78 is 40.9. The van der Waals surface area contributed by atoms with E-state index < -0.39 is 15.8 Å². The molecule has 0 heterocycles. The van der Waals surface area contributed by atoms with Gasteiger partial charge in [0.15, 0.2) is 0 Å². The summed E-state index contributed by atoms with van der Waals surface area (Å²) in [6.07, 6.45) is 0. The van der Waals surface area contributed by atoms with Crippen LogP contribution in [-0.2, 0) is 10.0 Å². The standard InChI is InChI=1S/C13H19ClFNO3S/c1-13(2,3)9(8-20(16,17)18)7-19-12-5-4-10(15)6-11(12)14/h4-6,9H,7-8H2,1-3H3,(H2,16,17,18). The molecule has 7 heteroatoms. The van der Waals surface area contributed by atoms with Crippen molar-refractivity contribution in [3.05, 3.63) is 29.0 Å². The average Bonchev–Trinajstić information content (AvgIpc) is 2.23. The molecule has 4 nitrogen and oxygen atoms in total. The van der Waals surface area contributed by atoms with Gasteiger partial charge in [-0.2, -0.15) is 0 Å². The van der Waals surface area contributed by atoms with E-state index in [0.29, 0.717) is 5.75 Å². The van der Waals surface area contributed by atoms with Crippen molar-refractivity contribution in [3.63, 3.8) is 0 Å². The second-order valence-corrected chi connectivity index (χ2v) is 7.84. The molecule has 1 aromatic carbocycles. The number of hydrogen-bond donors (Lipinski definition) is 1. The lowest BCUT2D eigenvalue weighted by atomic mass is 9.82. The Morgan fingerprint density at radius 1 is 1.40 bits per heavy atom. The molecule has 0 saturated carbocycles.